The molecule has 0 amide bonds. The fraction of sp³-hybridized carbons (Fsp3) is 0.360. The Hall–Kier alpha value is -2.88. The molecule has 0 saturated carbocycles. The standard InChI is InChI=1S/C25H27NO3/c1-16-26-22(23(27)28-16)14-17-6-8-18(9-7-17)29-19-10-11-20-21(15-19)25(4,5)13-12-24(20,2)3/h6-11,14-15H,12-13H2,1-5H3/b22-14-. The molecule has 29 heavy (non-hydrogen) atoms. The molecule has 4 rings (SSSR count). The second kappa shape index (κ2) is 6.87. The summed E-state index contributed by atoms with van der Waals surface area (Å²) in [5, 5.41) is 0. The normalized spacial score (nSPS) is 20.8. The molecule has 0 unspecified atom stereocenters. The SMILES string of the molecule is CC1=N/C(=C\c2ccc(Oc3ccc4c(c3)C(C)(C)CCC4(C)C)cc2)C(=O)O1. The van der Waals surface area contributed by atoms with Gasteiger partial charge >= 0.3 is 5.97 Å². The maximum atomic E-state index is 11.7. The lowest BCUT2D eigenvalue weighted by Crippen LogP contribution is -2.33. The zero-order chi connectivity index (χ0) is 20.8. The number of ether oxygens (including phenoxy) is 2. The van der Waals surface area contributed by atoms with Gasteiger partial charge in [0.1, 0.15) is 11.5 Å². The number of hydrogen-bond donors (Lipinski definition) is 0. The Morgan fingerprint density at radius 3 is 2.17 bits per heavy atom. The molecule has 2 aromatic rings. The first-order chi connectivity index (χ1) is 13.6. The van der Waals surface area contributed by atoms with Gasteiger partial charge in [0.15, 0.2) is 11.6 Å². The summed E-state index contributed by atoms with van der Waals surface area (Å²) in [4.78, 5) is 15.8. The molecule has 0 radical (unpaired) electrons. The third kappa shape index (κ3) is 3.84. The molecule has 4 heteroatoms. The lowest BCUT2D eigenvalue weighted by molar-refractivity contribution is -0.130. The molecule has 0 saturated heterocycles. The van der Waals surface area contributed by atoms with Gasteiger partial charge in [-0.05, 0) is 70.7 Å². The first kappa shape index (κ1) is 19.4. The number of hydrogen-bond acceptors (Lipinski definition) is 4. The third-order valence-electron chi connectivity index (χ3n) is 5.97. The number of carbonyl (C=O) groups excluding carboxylic acids is 1. The van der Waals surface area contributed by atoms with Crippen molar-refractivity contribution in [2.24, 2.45) is 4.99 Å². The lowest BCUT2D eigenvalue weighted by atomic mass is 9.63. The van der Waals surface area contributed by atoms with E-state index < -0.39 is 5.97 Å². The molecule has 150 valence electrons. The molecule has 2 aliphatic rings. The van der Waals surface area contributed by atoms with Gasteiger partial charge < -0.3 is 9.47 Å². The zero-order valence-corrected chi connectivity index (χ0v) is 17.7. The van der Waals surface area contributed by atoms with E-state index in [2.05, 4.69) is 50.9 Å². The van der Waals surface area contributed by atoms with Gasteiger partial charge in [-0.15, -0.1) is 0 Å². The van der Waals surface area contributed by atoms with Crippen molar-refractivity contribution in [2.75, 3.05) is 0 Å². The first-order valence-corrected chi connectivity index (χ1v) is 10.1. The number of esters is 1. The van der Waals surface area contributed by atoms with Gasteiger partial charge in [0, 0.05) is 6.92 Å². The van der Waals surface area contributed by atoms with Crippen LogP contribution in [-0.4, -0.2) is 11.9 Å². The first-order valence-electron chi connectivity index (χ1n) is 10.1. The van der Waals surface area contributed by atoms with Gasteiger partial charge in [0.25, 0.3) is 0 Å². The van der Waals surface area contributed by atoms with Crippen LogP contribution in [0, 0.1) is 0 Å². The number of cyclic esters (lactones) is 1. The monoisotopic (exact) mass is 389 g/mol. The van der Waals surface area contributed by atoms with Crippen LogP contribution in [0.5, 0.6) is 11.5 Å². The summed E-state index contributed by atoms with van der Waals surface area (Å²) in [5.74, 6) is 1.57. The molecule has 0 spiro atoms. The van der Waals surface area contributed by atoms with Gasteiger partial charge in [-0.1, -0.05) is 45.9 Å². The minimum Gasteiger partial charge on any atom is -0.457 e. The summed E-state index contributed by atoms with van der Waals surface area (Å²) in [6, 6.07) is 14.1. The van der Waals surface area contributed by atoms with Crippen molar-refractivity contribution in [1.29, 1.82) is 0 Å². The van der Waals surface area contributed by atoms with Crippen LogP contribution in [0.25, 0.3) is 6.08 Å². The van der Waals surface area contributed by atoms with Crippen LogP contribution in [0.4, 0.5) is 0 Å². The highest BCUT2D eigenvalue weighted by Gasteiger charge is 2.37. The minimum absolute atomic E-state index is 0.148. The summed E-state index contributed by atoms with van der Waals surface area (Å²) in [6.07, 6.45) is 4.08. The number of aliphatic imine (C=N–C) groups is 1. The van der Waals surface area contributed by atoms with Crippen LogP contribution in [0.3, 0.4) is 0 Å². The van der Waals surface area contributed by atoms with Gasteiger partial charge in [-0.25, -0.2) is 9.79 Å². The maximum Gasteiger partial charge on any atom is 0.363 e. The van der Waals surface area contributed by atoms with Crippen molar-refractivity contribution in [3.8, 4) is 11.5 Å². The van der Waals surface area contributed by atoms with Gasteiger partial charge in [-0.2, -0.15) is 0 Å². The topological polar surface area (TPSA) is 47.9 Å². The van der Waals surface area contributed by atoms with E-state index in [1.165, 1.54) is 24.0 Å². The van der Waals surface area contributed by atoms with Crippen molar-refractivity contribution in [3.05, 3.63) is 64.9 Å². The molecule has 0 bridgehead atoms. The summed E-state index contributed by atoms with van der Waals surface area (Å²) in [6.45, 7) is 10.9. The largest absolute Gasteiger partial charge is 0.457 e. The lowest BCUT2D eigenvalue weighted by Gasteiger charge is -2.41. The third-order valence-corrected chi connectivity index (χ3v) is 5.97. The van der Waals surface area contributed by atoms with E-state index >= 15 is 0 Å². The Morgan fingerprint density at radius 1 is 0.931 bits per heavy atom. The molecule has 2 aromatic carbocycles. The highest BCUT2D eigenvalue weighted by molar-refractivity contribution is 6.06. The molecule has 1 aliphatic carbocycles. The van der Waals surface area contributed by atoms with Crippen LogP contribution in [-0.2, 0) is 20.4 Å². The molecule has 1 heterocycles. The maximum absolute atomic E-state index is 11.7. The Labute approximate surface area is 172 Å². The Morgan fingerprint density at radius 2 is 1.55 bits per heavy atom. The van der Waals surface area contributed by atoms with E-state index in [4.69, 9.17) is 9.47 Å². The number of fused-ring (bicyclic) bond motifs is 1. The van der Waals surface area contributed by atoms with Crippen LogP contribution in [0.2, 0.25) is 0 Å². The van der Waals surface area contributed by atoms with Gasteiger partial charge in [-0.3, -0.25) is 0 Å². The van der Waals surface area contributed by atoms with Crippen molar-refractivity contribution in [2.45, 2.75) is 58.3 Å². The molecule has 0 N–H and O–H groups in total. The van der Waals surface area contributed by atoms with Crippen LogP contribution in [0.1, 0.15) is 64.2 Å². The number of nitrogens with zero attached hydrogens (tertiary/aromatic N) is 1. The number of benzene rings is 2. The van der Waals surface area contributed by atoms with Crippen molar-refractivity contribution in [1.82, 2.24) is 0 Å². The summed E-state index contributed by atoms with van der Waals surface area (Å²) < 4.78 is 11.1. The highest BCUT2D eigenvalue weighted by Crippen LogP contribution is 2.47. The molecular formula is C25H27NO3. The predicted octanol–water partition coefficient (Wildman–Crippen LogP) is 6.14. The number of rotatable bonds is 3. The number of carbonyl (C=O) groups is 1. The highest BCUT2D eigenvalue weighted by atomic mass is 16.6. The Balaban J connectivity index is 1.56. The van der Waals surface area contributed by atoms with E-state index in [1.54, 1.807) is 13.0 Å². The predicted molar refractivity (Wildman–Crippen MR) is 115 cm³/mol. The second-order valence-electron chi connectivity index (χ2n) is 9.20. The fourth-order valence-electron chi connectivity index (χ4n) is 4.07. The summed E-state index contributed by atoms with van der Waals surface area (Å²) in [7, 11) is 0. The Kier molecular flexibility index (Phi) is 4.60. The van der Waals surface area contributed by atoms with E-state index in [0.29, 0.717) is 11.6 Å². The van der Waals surface area contributed by atoms with Crippen LogP contribution < -0.4 is 4.74 Å². The Bertz CT molecular complexity index is 1030. The van der Waals surface area contributed by atoms with Crippen molar-refractivity contribution in [3.63, 3.8) is 0 Å². The fourth-order valence-corrected chi connectivity index (χ4v) is 4.07. The van der Waals surface area contributed by atoms with E-state index in [-0.39, 0.29) is 10.8 Å². The van der Waals surface area contributed by atoms with Crippen LogP contribution in [0.15, 0.2) is 53.2 Å². The zero-order valence-electron chi connectivity index (χ0n) is 17.7. The molecular weight excluding hydrogens is 362 g/mol. The molecule has 1 aliphatic heterocycles. The smallest absolute Gasteiger partial charge is 0.363 e. The van der Waals surface area contributed by atoms with Crippen molar-refractivity contribution >= 4 is 17.9 Å². The van der Waals surface area contributed by atoms with Gasteiger partial charge in [0.05, 0.1) is 0 Å². The summed E-state index contributed by atoms with van der Waals surface area (Å²) >= 11 is 0. The van der Waals surface area contributed by atoms with E-state index in [9.17, 15) is 4.79 Å². The molecule has 0 fully saturated rings. The average Bonchev–Trinajstić information content (AvgIpc) is 2.98. The quantitative estimate of drug-likeness (QED) is 0.468. The molecule has 4 nitrogen and oxygen atoms in total. The summed E-state index contributed by atoms with van der Waals surface area (Å²) in [5.41, 5.74) is 4.32. The van der Waals surface area contributed by atoms with Gasteiger partial charge in [0.2, 0.25) is 0 Å². The molecule has 0 atom stereocenters. The second-order valence-corrected chi connectivity index (χ2v) is 9.20. The van der Waals surface area contributed by atoms with Crippen molar-refractivity contribution < 1.29 is 14.3 Å². The van der Waals surface area contributed by atoms with E-state index in [1.807, 2.05) is 24.3 Å². The minimum atomic E-state index is -0.414. The van der Waals surface area contributed by atoms with Crippen LogP contribution >= 0.6 is 0 Å². The average molecular weight is 389 g/mol. The molecule has 0 aromatic heterocycles. The van der Waals surface area contributed by atoms with E-state index in [0.717, 1.165) is 17.1 Å².